The molecule has 59 heavy (non-hydrogen) atoms. The molecule has 0 bridgehead atoms. The first-order valence-electron chi connectivity index (χ1n) is 19.6. The SMILES string of the molecule is COC(=O)[C@H](Cc1ccccc1)n1cc([C@H](Cc2ccccc2)n2cc([C@H](Cc3ccccc3)n3cc([C@H](Cc4ccccc4)NC(=O)OC(C)(C)C)nn3)nn2)nn1. The number of benzene rings is 4. The van der Waals surface area contributed by atoms with Crippen LogP contribution in [-0.2, 0) is 40.0 Å². The molecule has 0 radical (unpaired) electrons. The van der Waals surface area contributed by atoms with E-state index < -0.39 is 41.8 Å². The van der Waals surface area contributed by atoms with Crippen LogP contribution in [0.2, 0.25) is 0 Å². The summed E-state index contributed by atoms with van der Waals surface area (Å²) in [4.78, 5) is 26.2. The Morgan fingerprint density at radius 3 is 1.41 bits per heavy atom. The van der Waals surface area contributed by atoms with Crippen molar-refractivity contribution in [2.45, 2.75) is 76.2 Å². The predicted octanol–water partition coefficient (Wildman–Crippen LogP) is 6.89. The van der Waals surface area contributed by atoms with E-state index in [0.717, 1.165) is 22.3 Å². The maximum atomic E-state index is 13.1. The van der Waals surface area contributed by atoms with Crippen molar-refractivity contribution in [3.05, 3.63) is 179 Å². The van der Waals surface area contributed by atoms with E-state index in [1.807, 2.05) is 142 Å². The molecule has 0 unspecified atom stereocenters. The monoisotopic (exact) mass is 792 g/mol. The van der Waals surface area contributed by atoms with Crippen molar-refractivity contribution in [2.24, 2.45) is 0 Å². The van der Waals surface area contributed by atoms with Crippen LogP contribution in [0.4, 0.5) is 4.79 Å². The van der Waals surface area contributed by atoms with Gasteiger partial charge in [-0.25, -0.2) is 23.6 Å². The molecule has 1 amide bonds. The first-order chi connectivity index (χ1) is 28.6. The van der Waals surface area contributed by atoms with Gasteiger partial charge in [0.2, 0.25) is 0 Å². The first-order valence-corrected chi connectivity index (χ1v) is 19.6. The van der Waals surface area contributed by atoms with Crippen molar-refractivity contribution in [2.75, 3.05) is 7.11 Å². The summed E-state index contributed by atoms with van der Waals surface area (Å²) in [6.45, 7) is 5.48. The number of alkyl carbamates (subject to hydrolysis) is 1. The second kappa shape index (κ2) is 18.5. The fraction of sp³-hybridized carbons (Fsp3) is 0.289. The summed E-state index contributed by atoms with van der Waals surface area (Å²) >= 11 is 0. The quantitative estimate of drug-likeness (QED) is 0.102. The molecule has 0 aliphatic rings. The summed E-state index contributed by atoms with van der Waals surface area (Å²) in [5, 5.41) is 30.7. The lowest BCUT2D eigenvalue weighted by Gasteiger charge is -2.23. The van der Waals surface area contributed by atoms with Gasteiger partial charge in [-0.2, -0.15) is 0 Å². The van der Waals surface area contributed by atoms with E-state index >= 15 is 0 Å². The fourth-order valence-electron chi connectivity index (χ4n) is 6.92. The third kappa shape index (κ3) is 10.7. The molecule has 0 fully saturated rings. The number of nitrogens with one attached hydrogen (secondary N) is 1. The van der Waals surface area contributed by atoms with Gasteiger partial charge >= 0.3 is 12.1 Å². The molecule has 0 saturated carbocycles. The van der Waals surface area contributed by atoms with Gasteiger partial charge in [0.05, 0.1) is 31.7 Å². The molecule has 0 aliphatic carbocycles. The molecular weight excluding hydrogens is 745 g/mol. The van der Waals surface area contributed by atoms with E-state index in [1.54, 1.807) is 20.2 Å². The Balaban J connectivity index is 1.23. The number of carbonyl (C=O) groups is 2. The van der Waals surface area contributed by atoms with E-state index in [4.69, 9.17) is 14.6 Å². The number of nitrogens with zero attached hydrogens (tertiary/aromatic N) is 9. The van der Waals surface area contributed by atoms with Crippen LogP contribution in [0.5, 0.6) is 0 Å². The summed E-state index contributed by atoms with van der Waals surface area (Å²) in [5.74, 6) is -0.420. The Bertz CT molecular complexity index is 2390. The minimum Gasteiger partial charge on any atom is -0.467 e. The van der Waals surface area contributed by atoms with Crippen LogP contribution in [0.25, 0.3) is 0 Å². The van der Waals surface area contributed by atoms with Gasteiger partial charge in [0.15, 0.2) is 6.04 Å². The molecule has 7 rings (SSSR count). The Morgan fingerprint density at radius 1 is 0.559 bits per heavy atom. The lowest BCUT2D eigenvalue weighted by atomic mass is 10.0. The Morgan fingerprint density at radius 2 is 0.949 bits per heavy atom. The highest BCUT2D eigenvalue weighted by molar-refractivity contribution is 5.74. The molecule has 1 N–H and O–H groups in total. The Labute approximate surface area is 343 Å². The highest BCUT2D eigenvalue weighted by Crippen LogP contribution is 2.28. The normalized spacial score (nSPS) is 13.6. The lowest BCUT2D eigenvalue weighted by molar-refractivity contribution is -0.144. The molecule has 14 nitrogen and oxygen atoms in total. The zero-order valence-corrected chi connectivity index (χ0v) is 33.6. The maximum absolute atomic E-state index is 13.1. The van der Waals surface area contributed by atoms with E-state index in [9.17, 15) is 9.59 Å². The minimum atomic E-state index is -0.723. The van der Waals surface area contributed by atoms with E-state index in [1.165, 1.54) is 7.11 Å². The topological polar surface area (TPSA) is 157 Å². The Kier molecular flexibility index (Phi) is 12.6. The van der Waals surface area contributed by atoms with Crippen LogP contribution < -0.4 is 5.32 Å². The van der Waals surface area contributed by atoms with Gasteiger partial charge < -0.3 is 14.8 Å². The average Bonchev–Trinajstić information content (AvgIpc) is 4.04. The summed E-state index contributed by atoms with van der Waals surface area (Å²) in [6.07, 6.45) is 6.92. The second-order valence-corrected chi connectivity index (χ2v) is 15.4. The van der Waals surface area contributed by atoms with Crippen molar-refractivity contribution in [1.29, 1.82) is 0 Å². The average molecular weight is 793 g/mol. The largest absolute Gasteiger partial charge is 0.467 e. The van der Waals surface area contributed by atoms with Gasteiger partial charge in [-0.1, -0.05) is 137 Å². The number of hydrogen-bond acceptors (Lipinski definition) is 10. The molecule has 3 aromatic heterocycles. The van der Waals surface area contributed by atoms with Crippen LogP contribution in [0.1, 0.15) is 84.3 Å². The standard InChI is InChI=1S/C45H48N10O4/c1-45(2,3)59-44(57)46-36(25-32-17-9-5-10-18-32)37-29-53(50-47-37)40(26-33-19-11-6-12-20-33)38-30-54(51-48-38)41(27-34-21-13-7-14-22-34)39-31-55(52-49-39)42(43(56)58-4)28-35-23-15-8-16-24-35/h5-24,29-31,36,40-42H,25-28H2,1-4H3,(H,46,57)/t36-,40-,41-,42-/m0/s1. The van der Waals surface area contributed by atoms with Crippen molar-refractivity contribution >= 4 is 12.1 Å². The van der Waals surface area contributed by atoms with Gasteiger partial charge in [-0.3, -0.25) is 0 Å². The van der Waals surface area contributed by atoms with Gasteiger partial charge in [0.1, 0.15) is 34.8 Å². The number of carbonyl (C=O) groups excluding carboxylic acids is 2. The van der Waals surface area contributed by atoms with E-state index in [-0.39, 0.29) is 0 Å². The highest BCUT2D eigenvalue weighted by Gasteiger charge is 2.29. The molecule has 14 heteroatoms. The van der Waals surface area contributed by atoms with E-state index in [0.29, 0.717) is 42.8 Å². The molecule has 302 valence electrons. The highest BCUT2D eigenvalue weighted by atomic mass is 16.6. The summed E-state index contributed by atoms with van der Waals surface area (Å²) in [5.41, 5.74) is 5.25. The summed E-state index contributed by atoms with van der Waals surface area (Å²) in [6, 6.07) is 37.7. The number of aromatic nitrogens is 9. The number of amides is 1. The molecular formula is C45H48N10O4. The molecule has 0 saturated heterocycles. The third-order valence-electron chi connectivity index (χ3n) is 9.84. The van der Waals surface area contributed by atoms with Crippen LogP contribution in [0.15, 0.2) is 140 Å². The second-order valence-electron chi connectivity index (χ2n) is 15.4. The number of rotatable bonds is 16. The summed E-state index contributed by atoms with van der Waals surface area (Å²) < 4.78 is 16.0. The van der Waals surface area contributed by atoms with Gasteiger partial charge in [0, 0.05) is 19.3 Å². The Hall–Kier alpha value is -6.96. The fourth-order valence-corrected chi connectivity index (χ4v) is 6.92. The van der Waals surface area contributed by atoms with Gasteiger partial charge in [0.25, 0.3) is 0 Å². The smallest absolute Gasteiger partial charge is 0.408 e. The van der Waals surface area contributed by atoms with Crippen LogP contribution in [0.3, 0.4) is 0 Å². The zero-order chi connectivity index (χ0) is 41.2. The molecule has 3 heterocycles. The van der Waals surface area contributed by atoms with Gasteiger partial charge in [-0.05, 0) is 49.4 Å². The molecule has 4 atom stereocenters. The first kappa shape index (κ1) is 40.2. The van der Waals surface area contributed by atoms with Crippen molar-refractivity contribution in [3.63, 3.8) is 0 Å². The minimum absolute atomic E-state index is 0.383. The van der Waals surface area contributed by atoms with Crippen molar-refractivity contribution in [1.82, 2.24) is 50.3 Å². The number of hydrogen-bond donors (Lipinski definition) is 1. The van der Waals surface area contributed by atoms with Gasteiger partial charge in [-0.15, -0.1) is 15.3 Å². The summed E-state index contributed by atoms with van der Waals surface area (Å²) in [7, 11) is 1.37. The van der Waals surface area contributed by atoms with Crippen LogP contribution >= 0.6 is 0 Å². The lowest BCUT2D eigenvalue weighted by Crippen LogP contribution is -2.36. The maximum Gasteiger partial charge on any atom is 0.408 e. The zero-order valence-electron chi connectivity index (χ0n) is 33.6. The van der Waals surface area contributed by atoms with E-state index in [2.05, 4.69) is 43.3 Å². The molecule has 4 aromatic carbocycles. The predicted molar refractivity (Wildman–Crippen MR) is 220 cm³/mol. The van der Waals surface area contributed by atoms with Crippen molar-refractivity contribution in [3.8, 4) is 0 Å². The number of methoxy groups -OCH3 is 1. The van der Waals surface area contributed by atoms with Crippen LogP contribution in [0, 0.1) is 0 Å². The third-order valence-corrected chi connectivity index (χ3v) is 9.84. The van der Waals surface area contributed by atoms with Crippen LogP contribution in [-0.4, -0.2) is 69.8 Å². The number of esters is 1. The molecule has 0 spiro atoms. The molecule has 7 aromatic rings. The van der Waals surface area contributed by atoms with Crippen molar-refractivity contribution < 1.29 is 19.1 Å². The molecule has 0 aliphatic heterocycles. The number of ether oxygens (including phenoxy) is 2.